The number of esters is 1. The van der Waals surface area contributed by atoms with Crippen LogP contribution in [-0.2, 0) is 9.53 Å². The van der Waals surface area contributed by atoms with Gasteiger partial charge >= 0.3 is 5.97 Å². The molecule has 0 saturated heterocycles. The number of hydrogen-bond acceptors (Lipinski definition) is 3. The minimum atomic E-state index is -0.366. The van der Waals surface area contributed by atoms with E-state index in [-0.39, 0.29) is 5.97 Å². The van der Waals surface area contributed by atoms with E-state index in [4.69, 9.17) is 9.15 Å². The Kier molecular flexibility index (Phi) is 3.97. The molecule has 0 saturated carbocycles. The molecule has 1 heterocycles. The van der Waals surface area contributed by atoms with Crippen molar-refractivity contribution in [1.82, 2.24) is 0 Å². The highest BCUT2D eigenvalue weighted by Crippen LogP contribution is 2.22. The third-order valence-corrected chi connectivity index (χ3v) is 2.36. The predicted octanol–water partition coefficient (Wildman–Crippen LogP) is 3.52. The van der Waals surface area contributed by atoms with Gasteiger partial charge in [-0.05, 0) is 25.1 Å². The minimum Gasteiger partial charge on any atom is -0.463 e. The average molecular weight is 242 g/mol. The molecular weight excluding hydrogens is 228 g/mol. The van der Waals surface area contributed by atoms with E-state index in [1.165, 1.54) is 6.08 Å². The Labute approximate surface area is 106 Å². The molecular formula is C15H14O3. The highest BCUT2D eigenvalue weighted by atomic mass is 16.5. The molecule has 0 bridgehead atoms. The fourth-order valence-corrected chi connectivity index (χ4v) is 1.54. The van der Waals surface area contributed by atoms with Crippen LogP contribution in [0.1, 0.15) is 12.7 Å². The molecule has 0 radical (unpaired) electrons. The number of carbonyl (C=O) groups excluding carboxylic acids is 1. The van der Waals surface area contributed by atoms with Crippen molar-refractivity contribution < 1.29 is 13.9 Å². The van der Waals surface area contributed by atoms with Crippen molar-refractivity contribution in [1.29, 1.82) is 0 Å². The van der Waals surface area contributed by atoms with Gasteiger partial charge in [0.15, 0.2) is 0 Å². The zero-order chi connectivity index (χ0) is 12.8. The second-order valence-corrected chi connectivity index (χ2v) is 3.65. The molecule has 0 unspecified atom stereocenters. The highest BCUT2D eigenvalue weighted by Gasteiger charge is 2.02. The first kappa shape index (κ1) is 12.2. The van der Waals surface area contributed by atoms with E-state index in [2.05, 4.69) is 0 Å². The van der Waals surface area contributed by atoms with Gasteiger partial charge in [0.1, 0.15) is 11.5 Å². The van der Waals surface area contributed by atoms with E-state index >= 15 is 0 Å². The van der Waals surface area contributed by atoms with Crippen LogP contribution in [0, 0.1) is 0 Å². The summed E-state index contributed by atoms with van der Waals surface area (Å²) in [5.74, 6) is 1.04. The Morgan fingerprint density at radius 3 is 2.72 bits per heavy atom. The summed E-state index contributed by atoms with van der Waals surface area (Å²) in [6.45, 7) is 2.14. The van der Waals surface area contributed by atoms with E-state index in [0.717, 1.165) is 11.3 Å². The lowest BCUT2D eigenvalue weighted by molar-refractivity contribution is -0.137. The quantitative estimate of drug-likeness (QED) is 0.608. The van der Waals surface area contributed by atoms with E-state index < -0.39 is 0 Å². The predicted molar refractivity (Wildman–Crippen MR) is 69.8 cm³/mol. The number of carbonyl (C=O) groups is 1. The van der Waals surface area contributed by atoms with Gasteiger partial charge in [-0.2, -0.15) is 0 Å². The molecule has 0 aliphatic rings. The van der Waals surface area contributed by atoms with Gasteiger partial charge in [0.05, 0.1) is 6.61 Å². The van der Waals surface area contributed by atoms with Crippen molar-refractivity contribution in [2.24, 2.45) is 0 Å². The minimum absolute atomic E-state index is 0.366. The summed E-state index contributed by atoms with van der Waals surface area (Å²) >= 11 is 0. The van der Waals surface area contributed by atoms with Crippen LogP contribution in [0.15, 0.2) is 53.0 Å². The lowest BCUT2D eigenvalue weighted by atomic mass is 10.2. The number of ether oxygens (including phenoxy) is 1. The molecule has 92 valence electrons. The second-order valence-electron chi connectivity index (χ2n) is 3.65. The molecule has 2 aromatic rings. The Balaban J connectivity index is 2.09. The van der Waals surface area contributed by atoms with Gasteiger partial charge in [-0.15, -0.1) is 0 Å². The third-order valence-electron chi connectivity index (χ3n) is 2.36. The van der Waals surface area contributed by atoms with Gasteiger partial charge in [-0.3, -0.25) is 0 Å². The van der Waals surface area contributed by atoms with Crippen molar-refractivity contribution in [3.05, 3.63) is 54.3 Å². The molecule has 3 nitrogen and oxygen atoms in total. The number of benzene rings is 1. The SMILES string of the molecule is CCOC(=O)/C=C/c1ccc(-c2ccccc2)o1. The van der Waals surface area contributed by atoms with Crippen LogP contribution in [-0.4, -0.2) is 12.6 Å². The summed E-state index contributed by atoms with van der Waals surface area (Å²) in [6, 6.07) is 13.5. The van der Waals surface area contributed by atoms with Crippen LogP contribution in [0.3, 0.4) is 0 Å². The Morgan fingerprint density at radius 1 is 1.22 bits per heavy atom. The smallest absolute Gasteiger partial charge is 0.330 e. The van der Waals surface area contributed by atoms with Crippen LogP contribution >= 0.6 is 0 Å². The van der Waals surface area contributed by atoms with E-state index in [1.54, 1.807) is 13.0 Å². The molecule has 0 N–H and O–H groups in total. The molecule has 0 aliphatic carbocycles. The molecule has 1 aromatic heterocycles. The standard InChI is InChI=1S/C15H14O3/c1-2-17-15(16)11-9-13-8-10-14(18-13)12-6-4-3-5-7-12/h3-11H,2H2,1H3/b11-9+. The normalized spacial score (nSPS) is 10.7. The topological polar surface area (TPSA) is 39.4 Å². The summed E-state index contributed by atoms with van der Waals surface area (Å²) < 4.78 is 10.4. The van der Waals surface area contributed by atoms with Gasteiger partial charge in [-0.1, -0.05) is 30.3 Å². The number of hydrogen-bond donors (Lipinski definition) is 0. The molecule has 0 amide bonds. The van der Waals surface area contributed by atoms with Gasteiger partial charge in [0.25, 0.3) is 0 Å². The van der Waals surface area contributed by atoms with Gasteiger partial charge < -0.3 is 9.15 Å². The number of furan rings is 1. The third kappa shape index (κ3) is 3.10. The monoisotopic (exact) mass is 242 g/mol. The first-order valence-corrected chi connectivity index (χ1v) is 5.79. The Morgan fingerprint density at radius 2 is 2.00 bits per heavy atom. The first-order valence-electron chi connectivity index (χ1n) is 5.79. The molecule has 18 heavy (non-hydrogen) atoms. The van der Waals surface area contributed by atoms with Crippen LogP contribution in [0.25, 0.3) is 17.4 Å². The van der Waals surface area contributed by atoms with Crippen LogP contribution in [0.5, 0.6) is 0 Å². The van der Waals surface area contributed by atoms with Crippen molar-refractivity contribution in [3.8, 4) is 11.3 Å². The molecule has 0 spiro atoms. The zero-order valence-electron chi connectivity index (χ0n) is 10.1. The van der Waals surface area contributed by atoms with Gasteiger partial charge in [0, 0.05) is 11.6 Å². The molecule has 0 fully saturated rings. The van der Waals surface area contributed by atoms with Crippen molar-refractivity contribution >= 4 is 12.0 Å². The fourth-order valence-electron chi connectivity index (χ4n) is 1.54. The molecule has 2 rings (SSSR count). The highest BCUT2D eigenvalue weighted by molar-refractivity contribution is 5.86. The van der Waals surface area contributed by atoms with Gasteiger partial charge in [0.2, 0.25) is 0 Å². The van der Waals surface area contributed by atoms with Gasteiger partial charge in [-0.25, -0.2) is 4.79 Å². The summed E-state index contributed by atoms with van der Waals surface area (Å²) in [5, 5.41) is 0. The maximum absolute atomic E-state index is 11.1. The first-order chi connectivity index (χ1) is 8.79. The maximum Gasteiger partial charge on any atom is 0.330 e. The summed E-state index contributed by atoms with van der Waals surface area (Å²) in [7, 11) is 0. The molecule has 3 heteroatoms. The number of rotatable bonds is 4. The molecule has 1 aromatic carbocycles. The second kappa shape index (κ2) is 5.87. The molecule has 0 aliphatic heterocycles. The Hall–Kier alpha value is -2.29. The summed E-state index contributed by atoms with van der Waals surface area (Å²) in [4.78, 5) is 11.1. The Bertz CT molecular complexity index is 538. The zero-order valence-corrected chi connectivity index (χ0v) is 10.1. The van der Waals surface area contributed by atoms with Crippen molar-refractivity contribution in [2.45, 2.75) is 6.92 Å². The van der Waals surface area contributed by atoms with E-state index in [1.807, 2.05) is 42.5 Å². The summed E-state index contributed by atoms with van der Waals surface area (Å²) in [6.07, 6.45) is 2.96. The lowest BCUT2D eigenvalue weighted by Gasteiger charge is -1.95. The largest absolute Gasteiger partial charge is 0.463 e. The average Bonchev–Trinajstić information content (AvgIpc) is 2.87. The van der Waals surface area contributed by atoms with Crippen molar-refractivity contribution in [3.63, 3.8) is 0 Å². The van der Waals surface area contributed by atoms with Crippen molar-refractivity contribution in [2.75, 3.05) is 6.61 Å². The van der Waals surface area contributed by atoms with Crippen LogP contribution in [0.4, 0.5) is 0 Å². The fraction of sp³-hybridized carbons (Fsp3) is 0.133. The lowest BCUT2D eigenvalue weighted by Crippen LogP contribution is -1.98. The van der Waals surface area contributed by atoms with Crippen LogP contribution < -0.4 is 0 Å². The van der Waals surface area contributed by atoms with E-state index in [9.17, 15) is 4.79 Å². The molecule has 0 atom stereocenters. The van der Waals surface area contributed by atoms with E-state index in [0.29, 0.717) is 12.4 Å². The summed E-state index contributed by atoms with van der Waals surface area (Å²) in [5.41, 5.74) is 1.01. The van der Waals surface area contributed by atoms with Crippen LogP contribution in [0.2, 0.25) is 0 Å². The maximum atomic E-state index is 11.1.